The zero-order valence-electron chi connectivity index (χ0n) is 5.87. The van der Waals surface area contributed by atoms with Crippen molar-refractivity contribution in [3.63, 3.8) is 0 Å². The molecule has 0 aromatic carbocycles. The first-order valence-corrected chi connectivity index (χ1v) is 3.21. The lowest BCUT2D eigenvalue weighted by Crippen LogP contribution is -2.32. The van der Waals surface area contributed by atoms with Crippen LogP contribution in [-0.4, -0.2) is 30.6 Å². The van der Waals surface area contributed by atoms with Crippen LogP contribution in [0.15, 0.2) is 5.10 Å². The molecule has 0 bridgehead atoms. The fourth-order valence-electron chi connectivity index (χ4n) is 0.742. The average molecular weight is 128 g/mol. The molecule has 0 unspecified atom stereocenters. The second kappa shape index (κ2) is 2.71. The van der Waals surface area contributed by atoms with Crippen molar-refractivity contribution in [3.05, 3.63) is 0 Å². The van der Waals surface area contributed by atoms with E-state index >= 15 is 0 Å². The molecule has 0 atom stereocenters. The van der Waals surface area contributed by atoms with Gasteiger partial charge in [-0.3, -0.25) is 5.01 Å². The summed E-state index contributed by atoms with van der Waals surface area (Å²) in [7, 11) is 0. The normalized spacial score (nSPS) is 18.3. The van der Waals surface area contributed by atoms with Crippen LogP contribution in [0.3, 0.4) is 0 Å². The van der Waals surface area contributed by atoms with Crippen LogP contribution in [-0.2, 0) is 4.74 Å². The van der Waals surface area contributed by atoms with Crippen LogP contribution in [0.25, 0.3) is 0 Å². The molecule has 1 aliphatic heterocycles. The Kier molecular flexibility index (Phi) is 1.92. The highest BCUT2D eigenvalue weighted by molar-refractivity contribution is 5.46. The number of ether oxygens (including phenoxy) is 1. The van der Waals surface area contributed by atoms with Crippen LogP contribution < -0.4 is 0 Å². The SMILES string of the molecule is CC(C)N1CCOC=N1. The summed E-state index contributed by atoms with van der Waals surface area (Å²) in [4.78, 5) is 0. The van der Waals surface area contributed by atoms with Gasteiger partial charge in [0.25, 0.3) is 0 Å². The summed E-state index contributed by atoms with van der Waals surface area (Å²) in [6.45, 7) is 5.90. The molecule has 1 aliphatic rings. The van der Waals surface area contributed by atoms with Gasteiger partial charge < -0.3 is 4.74 Å². The second-order valence-electron chi connectivity index (χ2n) is 2.35. The van der Waals surface area contributed by atoms with Crippen molar-refractivity contribution < 1.29 is 4.74 Å². The molecule has 0 N–H and O–H groups in total. The van der Waals surface area contributed by atoms with Crippen LogP contribution in [0.2, 0.25) is 0 Å². The summed E-state index contributed by atoms with van der Waals surface area (Å²) in [6, 6.07) is 0.491. The van der Waals surface area contributed by atoms with Gasteiger partial charge >= 0.3 is 0 Å². The zero-order chi connectivity index (χ0) is 6.69. The number of hydrazone groups is 1. The molecule has 0 amide bonds. The molecular formula is C6H12N2O. The van der Waals surface area contributed by atoms with Gasteiger partial charge in [0, 0.05) is 6.04 Å². The van der Waals surface area contributed by atoms with Gasteiger partial charge in [0.05, 0.1) is 6.54 Å². The minimum absolute atomic E-state index is 0.491. The highest BCUT2D eigenvalue weighted by atomic mass is 16.5. The molecule has 0 aliphatic carbocycles. The predicted molar refractivity (Wildman–Crippen MR) is 36.3 cm³/mol. The Morgan fingerprint density at radius 1 is 1.67 bits per heavy atom. The van der Waals surface area contributed by atoms with E-state index in [2.05, 4.69) is 18.9 Å². The Morgan fingerprint density at radius 2 is 2.44 bits per heavy atom. The smallest absolute Gasteiger partial charge is 0.192 e. The van der Waals surface area contributed by atoms with E-state index in [9.17, 15) is 0 Å². The van der Waals surface area contributed by atoms with Crippen molar-refractivity contribution in [3.8, 4) is 0 Å². The second-order valence-corrected chi connectivity index (χ2v) is 2.35. The molecule has 0 radical (unpaired) electrons. The van der Waals surface area contributed by atoms with Gasteiger partial charge in [-0.1, -0.05) is 0 Å². The molecule has 0 saturated heterocycles. The predicted octanol–water partition coefficient (Wildman–Crippen LogP) is 0.670. The topological polar surface area (TPSA) is 24.8 Å². The van der Waals surface area contributed by atoms with Gasteiger partial charge in [-0.2, -0.15) is 0 Å². The van der Waals surface area contributed by atoms with Gasteiger partial charge in [-0.25, -0.2) is 0 Å². The van der Waals surface area contributed by atoms with Gasteiger partial charge in [-0.15, -0.1) is 5.10 Å². The summed E-state index contributed by atoms with van der Waals surface area (Å²) < 4.78 is 4.92. The van der Waals surface area contributed by atoms with Gasteiger partial charge in [0.1, 0.15) is 6.61 Å². The molecule has 3 nitrogen and oxygen atoms in total. The maximum absolute atomic E-state index is 4.92. The Balaban J connectivity index is 2.40. The van der Waals surface area contributed by atoms with Gasteiger partial charge in [0.15, 0.2) is 6.40 Å². The van der Waals surface area contributed by atoms with Crippen molar-refractivity contribution in [1.29, 1.82) is 0 Å². The van der Waals surface area contributed by atoms with Crippen LogP contribution in [0.5, 0.6) is 0 Å². The quantitative estimate of drug-likeness (QED) is 0.518. The van der Waals surface area contributed by atoms with E-state index in [0.717, 1.165) is 13.2 Å². The van der Waals surface area contributed by atoms with Gasteiger partial charge in [-0.05, 0) is 13.8 Å². The van der Waals surface area contributed by atoms with E-state index in [-0.39, 0.29) is 0 Å². The summed E-state index contributed by atoms with van der Waals surface area (Å²) in [6.07, 6.45) is 1.50. The van der Waals surface area contributed by atoms with Crippen LogP contribution >= 0.6 is 0 Å². The van der Waals surface area contributed by atoms with E-state index in [0.29, 0.717) is 6.04 Å². The van der Waals surface area contributed by atoms with Crippen molar-refractivity contribution >= 4 is 6.40 Å². The zero-order valence-corrected chi connectivity index (χ0v) is 5.87. The minimum atomic E-state index is 0.491. The number of hydrogen-bond donors (Lipinski definition) is 0. The molecule has 1 heterocycles. The molecule has 0 aromatic rings. The fourth-order valence-corrected chi connectivity index (χ4v) is 0.742. The van der Waals surface area contributed by atoms with Gasteiger partial charge in [0.2, 0.25) is 0 Å². The first kappa shape index (κ1) is 6.39. The van der Waals surface area contributed by atoms with Crippen molar-refractivity contribution in [2.24, 2.45) is 5.10 Å². The molecule has 0 spiro atoms. The first-order valence-electron chi connectivity index (χ1n) is 3.21. The van der Waals surface area contributed by atoms with E-state index in [1.54, 1.807) is 0 Å². The van der Waals surface area contributed by atoms with E-state index in [4.69, 9.17) is 4.74 Å². The Morgan fingerprint density at radius 3 is 2.78 bits per heavy atom. The standard InChI is InChI=1S/C6H12N2O/c1-6(2)8-3-4-9-5-7-8/h5-6H,3-4H2,1-2H3. The van der Waals surface area contributed by atoms with Crippen LogP contribution in [0.4, 0.5) is 0 Å². The van der Waals surface area contributed by atoms with Crippen molar-refractivity contribution in [2.75, 3.05) is 13.2 Å². The molecule has 0 saturated carbocycles. The number of hydrogen-bond acceptors (Lipinski definition) is 3. The fraction of sp³-hybridized carbons (Fsp3) is 0.833. The highest BCUT2D eigenvalue weighted by Crippen LogP contribution is 2.00. The van der Waals surface area contributed by atoms with E-state index in [1.165, 1.54) is 6.40 Å². The summed E-state index contributed by atoms with van der Waals surface area (Å²) >= 11 is 0. The highest BCUT2D eigenvalue weighted by Gasteiger charge is 2.07. The Bertz CT molecular complexity index is 112. The first-order chi connectivity index (χ1) is 4.30. The largest absolute Gasteiger partial charge is 0.480 e. The molecule has 9 heavy (non-hydrogen) atoms. The number of rotatable bonds is 1. The maximum atomic E-state index is 4.92. The molecule has 0 aromatic heterocycles. The third-order valence-corrected chi connectivity index (χ3v) is 1.30. The third kappa shape index (κ3) is 1.59. The Hall–Kier alpha value is -0.730. The summed E-state index contributed by atoms with van der Waals surface area (Å²) in [5.41, 5.74) is 0. The maximum Gasteiger partial charge on any atom is 0.192 e. The van der Waals surface area contributed by atoms with Crippen LogP contribution in [0.1, 0.15) is 13.8 Å². The molecule has 0 fully saturated rings. The molecule has 52 valence electrons. The molecule has 1 rings (SSSR count). The molecular weight excluding hydrogens is 116 g/mol. The van der Waals surface area contributed by atoms with Crippen LogP contribution in [0, 0.1) is 0 Å². The monoisotopic (exact) mass is 128 g/mol. The lowest BCUT2D eigenvalue weighted by molar-refractivity contribution is 0.147. The lowest BCUT2D eigenvalue weighted by Gasteiger charge is -2.25. The third-order valence-electron chi connectivity index (χ3n) is 1.30. The lowest BCUT2D eigenvalue weighted by atomic mass is 10.4. The number of nitrogens with zero attached hydrogens (tertiary/aromatic N) is 2. The van der Waals surface area contributed by atoms with E-state index in [1.807, 2.05) is 5.01 Å². The average Bonchev–Trinajstić information content (AvgIpc) is 1.90. The van der Waals surface area contributed by atoms with E-state index < -0.39 is 0 Å². The minimum Gasteiger partial charge on any atom is -0.480 e. The summed E-state index contributed by atoms with van der Waals surface area (Å²) in [5, 5.41) is 6.02. The summed E-state index contributed by atoms with van der Waals surface area (Å²) in [5.74, 6) is 0. The van der Waals surface area contributed by atoms with Crippen molar-refractivity contribution in [2.45, 2.75) is 19.9 Å². The molecule has 3 heteroatoms. The van der Waals surface area contributed by atoms with Crippen molar-refractivity contribution in [1.82, 2.24) is 5.01 Å². The Labute approximate surface area is 55.3 Å².